The number of aromatic carboxylic acids is 1. The molecule has 0 heterocycles. The number of rotatable bonds is 5. The number of esters is 2. The summed E-state index contributed by atoms with van der Waals surface area (Å²) in [5.74, 6) is -2.53. The summed E-state index contributed by atoms with van der Waals surface area (Å²) in [4.78, 5) is 33.7. The summed E-state index contributed by atoms with van der Waals surface area (Å²) in [5.41, 5.74) is 0.452. The molecular weight excluding hydrogens is 393 g/mol. The van der Waals surface area contributed by atoms with Crippen molar-refractivity contribution in [1.29, 1.82) is 0 Å². The van der Waals surface area contributed by atoms with E-state index in [1.165, 1.54) is 32.4 Å². The first-order valence-electron chi connectivity index (χ1n) is 5.57. The molecule has 1 rings (SSSR count). The lowest BCUT2D eigenvalue weighted by molar-refractivity contribution is -0.138. The third kappa shape index (κ3) is 4.74. The van der Waals surface area contributed by atoms with Crippen LogP contribution in [0, 0.1) is 3.57 Å². The molecule has 0 saturated carbocycles. The highest BCUT2D eigenvalue weighted by atomic mass is 127. The smallest absolute Gasteiger partial charge is 0.354 e. The van der Waals surface area contributed by atoms with Crippen molar-refractivity contribution in [3.05, 3.63) is 39.1 Å². The van der Waals surface area contributed by atoms with Crippen molar-refractivity contribution in [2.24, 2.45) is 0 Å². The summed E-state index contributed by atoms with van der Waals surface area (Å²) >= 11 is 1.91. The van der Waals surface area contributed by atoms with Crippen LogP contribution < -0.4 is 5.32 Å². The van der Waals surface area contributed by atoms with E-state index in [1.807, 2.05) is 22.6 Å². The zero-order chi connectivity index (χ0) is 16.0. The van der Waals surface area contributed by atoms with Gasteiger partial charge in [-0.3, -0.25) is 0 Å². The average Bonchev–Trinajstić information content (AvgIpc) is 2.46. The SMILES string of the molecule is COC(=O)/C=C(/Nc1ccc(C(=O)O)cc1I)C(=O)OC. The number of hydrogen-bond donors (Lipinski definition) is 2. The Bertz CT molecular complexity index is 611. The Balaban J connectivity index is 3.10. The van der Waals surface area contributed by atoms with Crippen molar-refractivity contribution in [1.82, 2.24) is 0 Å². The second kappa shape index (κ2) is 7.62. The van der Waals surface area contributed by atoms with Crippen LogP contribution in [0.4, 0.5) is 5.69 Å². The van der Waals surface area contributed by atoms with E-state index in [-0.39, 0.29) is 11.3 Å². The van der Waals surface area contributed by atoms with E-state index in [0.717, 1.165) is 6.08 Å². The standard InChI is InChI=1S/C13H12INO6/c1-20-11(16)6-10(13(19)21-2)15-9-4-3-7(12(17)18)5-8(9)14/h3-6,15H,1-2H3,(H,17,18)/b10-6+. The molecule has 0 bridgehead atoms. The summed E-state index contributed by atoms with van der Waals surface area (Å²) in [7, 11) is 2.35. The van der Waals surface area contributed by atoms with Crippen LogP contribution in [0.1, 0.15) is 10.4 Å². The molecule has 0 aliphatic rings. The Morgan fingerprint density at radius 2 is 1.90 bits per heavy atom. The summed E-state index contributed by atoms with van der Waals surface area (Å²) in [6.07, 6.45) is 0.951. The molecule has 0 aliphatic carbocycles. The van der Waals surface area contributed by atoms with E-state index in [9.17, 15) is 14.4 Å². The first kappa shape index (κ1) is 17.0. The van der Waals surface area contributed by atoms with Crippen molar-refractivity contribution in [3.63, 3.8) is 0 Å². The lowest BCUT2D eigenvalue weighted by Gasteiger charge is -2.11. The maximum absolute atomic E-state index is 11.6. The van der Waals surface area contributed by atoms with Gasteiger partial charge >= 0.3 is 17.9 Å². The van der Waals surface area contributed by atoms with Crippen molar-refractivity contribution >= 4 is 46.2 Å². The number of benzene rings is 1. The van der Waals surface area contributed by atoms with Gasteiger partial charge in [-0.1, -0.05) is 0 Å². The fourth-order valence-corrected chi connectivity index (χ4v) is 1.98. The van der Waals surface area contributed by atoms with Gasteiger partial charge in [-0.25, -0.2) is 14.4 Å². The van der Waals surface area contributed by atoms with Crippen LogP contribution in [0.15, 0.2) is 30.0 Å². The van der Waals surface area contributed by atoms with Gasteiger partial charge < -0.3 is 19.9 Å². The second-order valence-electron chi connectivity index (χ2n) is 3.70. The molecule has 1 aromatic rings. The highest BCUT2D eigenvalue weighted by Gasteiger charge is 2.15. The van der Waals surface area contributed by atoms with E-state index in [1.54, 1.807) is 0 Å². The molecule has 0 radical (unpaired) electrons. The van der Waals surface area contributed by atoms with Gasteiger partial charge in [0.25, 0.3) is 0 Å². The van der Waals surface area contributed by atoms with Crippen LogP contribution >= 0.6 is 22.6 Å². The van der Waals surface area contributed by atoms with E-state index in [0.29, 0.717) is 9.26 Å². The zero-order valence-corrected chi connectivity index (χ0v) is 13.3. The molecule has 21 heavy (non-hydrogen) atoms. The van der Waals surface area contributed by atoms with Crippen LogP contribution in [0.2, 0.25) is 0 Å². The van der Waals surface area contributed by atoms with Crippen LogP contribution in [0.3, 0.4) is 0 Å². The number of carbonyl (C=O) groups is 3. The Kier molecular flexibility index (Phi) is 6.15. The molecule has 0 aliphatic heterocycles. The minimum Gasteiger partial charge on any atom is -0.478 e. The predicted octanol–water partition coefficient (Wildman–Crippen LogP) is 1.63. The fourth-order valence-electron chi connectivity index (χ4n) is 1.33. The summed E-state index contributed by atoms with van der Waals surface area (Å²) < 4.78 is 9.57. The zero-order valence-electron chi connectivity index (χ0n) is 11.2. The average molecular weight is 405 g/mol. The van der Waals surface area contributed by atoms with Gasteiger partial charge in [0.15, 0.2) is 0 Å². The summed E-state index contributed by atoms with van der Waals surface area (Å²) in [6, 6.07) is 4.29. The third-order valence-corrected chi connectivity index (χ3v) is 3.25. The number of anilines is 1. The molecule has 0 spiro atoms. The number of carboxylic acids is 1. The molecule has 0 aromatic heterocycles. The molecule has 7 nitrogen and oxygen atoms in total. The lowest BCUT2D eigenvalue weighted by atomic mass is 10.2. The van der Waals surface area contributed by atoms with Crippen molar-refractivity contribution < 1.29 is 29.0 Å². The number of ether oxygens (including phenoxy) is 2. The number of nitrogens with one attached hydrogen (secondary N) is 1. The molecule has 8 heteroatoms. The molecule has 2 N–H and O–H groups in total. The molecule has 0 amide bonds. The van der Waals surface area contributed by atoms with Crippen LogP contribution in [-0.4, -0.2) is 37.2 Å². The first-order chi connectivity index (χ1) is 9.88. The minimum absolute atomic E-state index is 0.113. The summed E-state index contributed by atoms with van der Waals surface area (Å²) in [6.45, 7) is 0. The Labute approximate surface area is 134 Å². The molecule has 112 valence electrons. The topological polar surface area (TPSA) is 102 Å². The van der Waals surface area contributed by atoms with Gasteiger partial charge in [-0.2, -0.15) is 0 Å². The van der Waals surface area contributed by atoms with Crippen LogP contribution in [0.5, 0.6) is 0 Å². The van der Waals surface area contributed by atoms with E-state index < -0.39 is 17.9 Å². The van der Waals surface area contributed by atoms with Gasteiger partial charge in [0.2, 0.25) is 0 Å². The number of carboxylic acid groups (broad SMARTS) is 1. The van der Waals surface area contributed by atoms with Gasteiger partial charge in [0.05, 0.1) is 31.5 Å². The monoisotopic (exact) mass is 405 g/mol. The van der Waals surface area contributed by atoms with Crippen molar-refractivity contribution in [2.45, 2.75) is 0 Å². The maximum atomic E-state index is 11.6. The molecule has 0 saturated heterocycles. The molecule has 0 unspecified atom stereocenters. The first-order valence-corrected chi connectivity index (χ1v) is 6.64. The normalized spacial score (nSPS) is 10.7. The van der Waals surface area contributed by atoms with Gasteiger partial charge in [-0.05, 0) is 40.8 Å². The summed E-state index contributed by atoms with van der Waals surface area (Å²) in [5, 5.41) is 11.6. The van der Waals surface area contributed by atoms with Crippen LogP contribution in [-0.2, 0) is 19.1 Å². The van der Waals surface area contributed by atoms with Crippen molar-refractivity contribution in [2.75, 3.05) is 19.5 Å². The van der Waals surface area contributed by atoms with Gasteiger partial charge in [0.1, 0.15) is 5.70 Å². The number of methoxy groups -OCH3 is 2. The van der Waals surface area contributed by atoms with Crippen LogP contribution in [0.25, 0.3) is 0 Å². The van der Waals surface area contributed by atoms with E-state index >= 15 is 0 Å². The lowest BCUT2D eigenvalue weighted by Crippen LogP contribution is -2.16. The highest BCUT2D eigenvalue weighted by Crippen LogP contribution is 2.21. The van der Waals surface area contributed by atoms with Crippen molar-refractivity contribution in [3.8, 4) is 0 Å². The maximum Gasteiger partial charge on any atom is 0.354 e. The largest absolute Gasteiger partial charge is 0.478 e. The predicted molar refractivity (Wildman–Crippen MR) is 81.9 cm³/mol. The number of halogens is 1. The third-order valence-electron chi connectivity index (χ3n) is 2.35. The Morgan fingerprint density at radius 1 is 1.24 bits per heavy atom. The molecule has 0 fully saturated rings. The number of carbonyl (C=O) groups excluding carboxylic acids is 2. The molecule has 1 aromatic carbocycles. The molecule has 0 atom stereocenters. The van der Waals surface area contributed by atoms with Gasteiger partial charge in [-0.15, -0.1) is 0 Å². The fraction of sp³-hybridized carbons (Fsp3) is 0.154. The quantitative estimate of drug-likeness (QED) is 0.436. The second-order valence-corrected chi connectivity index (χ2v) is 4.86. The van der Waals surface area contributed by atoms with E-state index in [4.69, 9.17) is 5.11 Å². The Morgan fingerprint density at radius 3 is 2.38 bits per heavy atom. The van der Waals surface area contributed by atoms with Gasteiger partial charge in [0, 0.05) is 3.57 Å². The highest BCUT2D eigenvalue weighted by molar-refractivity contribution is 14.1. The minimum atomic E-state index is -1.06. The Hall–Kier alpha value is -2.10. The molecular formula is C13H12INO6. The van der Waals surface area contributed by atoms with E-state index in [2.05, 4.69) is 14.8 Å². The number of hydrogen-bond acceptors (Lipinski definition) is 6.